The van der Waals surface area contributed by atoms with Crippen LogP contribution in [0.1, 0.15) is 60.8 Å². The number of fused-ring (bicyclic) bond motifs is 1. The van der Waals surface area contributed by atoms with Gasteiger partial charge >= 0.3 is 0 Å². The first kappa shape index (κ1) is 25.2. The Balaban J connectivity index is 1.43. The van der Waals surface area contributed by atoms with Gasteiger partial charge < -0.3 is 5.32 Å². The topological polar surface area (TPSA) is 90.3 Å². The van der Waals surface area contributed by atoms with Crippen molar-refractivity contribution in [1.82, 2.24) is 10.2 Å². The Labute approximate surface area is 208 Å². The van der Waals surface area contributed by atoms with Crippen molar-refractivity contribution in [2.45, 2.75) is 61.9 Å². The Morgan fingerprint density at radius 3 is 2.63 bits per heavy atom. The Morgan fingerprint density at radius 2 is 1.91 bits per heavy atom. The molecule has 1 aliphatic heterocycles. The van der Waals surface area contributed by atoms with E-state index in [0.29, 0.717) is 16.7 Å². The molecule has 1 heterocycles. The highest BCUT2D eigenvalue weighted by molar-refractivity contribution is 7.90. The molecular formula is C28H33N3O3S. The lowest BCUT2D eigenvalue weighted by atomic mass is 9.78. The standard InChI is InChI=1S/C28H33N3O3S/c1-21(23-7-6-8-26(18-23)35(2,33)34)27(32)30-28(12-4-3-5-13-28)14-16-31-15-11-24-17-22(19-29)9-10-25(24)20-31/h6-10,17-18H,1,3-5,11-16,20H2,2H3,(H,30,32). The molecule has 184 valence electrons. The number of rotatable bonds is 7. The summed E-state index contributed by atoms with van der Waals surface area (Å²) in [4.78, 5) is 15.9. The Hall–Kier alpha value is -2.95. The van der Waals surface area contributed by atoms with E-state index < -0.39 is 9.84 Å². The van der Waals surface area contributed by atoms with Gasteiger partial charge in [0.25, 0.3) is 5.91 Å². The monoisotopic (exact) mass is 491 g/mol. The van der Waals surface area contributed by atoms with Gasteiger partial charge in [0.1, 0.15) is 0 Å². The molecule has 7 heteroatoms. The smallest absolute Gasteiger partial charge is 0.251 e. The number of nitrogens with one attached hydrogen (secondary N) is 1. The van der Waals surface area contributed by atoms with Gasteiger partial charge in [-0.15, -0.1) is 0 Å². The number of hydrogen-bond donors (Lipinski definition) is 1. The van der Waals surface area contributed by atoms with Crippen LogP contribution in [-0.4, -0.2) is 44.1 Å². The minimum absolute atomic E-state index is 0.184. The normalized spacial score (nSPS) is 17.7. The number of carbonyl (C=O) groups is 1. The van der Waals surface area contributed by atoms with Gasteiger partial charge in [-0.1, -0.05) is 44.0 Å². The summed E-state index contributed by atoms with van der Waals surface area (Å²) in [5.74, 6) is -0.231. The van der Waals surface area contributed by atoms with E-state index in [-0.39, 0.29) is 16.3 Å². The van der Waals surface area contributed by atoms with Crippen molar-refractivity contribution in [3.8, 4) is 6.07 Å². The van der Waals surface area contributed by atoms with Crippen molar-refractivity contribution in [3.05, 3.63) is 71.3 Å². The van der Waals surface area contributed by atoms with Crippen LogP contribution in [0, 0.1) is 11.3 Å². The van der Waals surface area contributed by atoms with Gasteiger partial charge in [0, 0.05) is 37.0 Å². The highest BCUT2D eigenvalue weighted by atomic mass is 32.2. The van der Waals surface area contributed by atoms with Crippen LogP contribution in [0.3, 0.4) is 0 Å². The number of hydrogen-bond acceptors (Lipinski definition) is 5. The Morgan fingerprint density at radius 1 is 1.14 bits per heavy atom. The maximum Gasteiger partial charge on any atom is 0.251 e. The average molecular weight is 492 g/mol. The highest BCUT2D eigenvalue weighted by Gasteiger charge is 2.34. The molecule has 1 aliphatic carbocycles. The van der Waals surface area contributed by atoms with Crippen molar-refractivity contribution >= 4 is 21.3 Å². The molecule has 0 aromatic heterocycles. The third-order valence-corrected chi connectivity index (χ3v) is 8.52. The van der Waals surface area contributed by atoms with Gasteiger partial charge in [0.05, 0.1) is 16.5 Å². The van der Waals surface area contributed by atoms with Crippen LogP contribution in [-0.2, 0) is 27.6 Å². The minimum Gasteiger partial charge on any atom is -0.347 e. The second-order valence-electron chi connectivity index (χ2n) is 9.95. The van der Waals surface area contributed by atoms with Gasteiger partial charge in [-0.25, -0.2) is 8.42 Å². The van der Waals surface area contributed by atoms with E-state index in [1.54, 1.807) is 12.1 Å². The van der Waals surface area contributed by atoms with Gasteiger partial charge in [0.15, 0.2) is 9.84 Å². The maximum atomic E-state index is 13.3. The third-order valence-electron chi connectivity index (χ3n) is 7.41. The molecule has 2 aromatic carbocycles. The predicted molar refractivity (Wildman–Crippen MR) is 137 cm³/mol. The Bertz CT molecular complexity index is 1270. The fraction of sp³-hybridized carbons (Fsp3) is 0.429. The van der Waals surface area contributed by atoms with Crippen LogP contribution in [0.15, 0.2) is 53.9 Å². The van der Waals surface area contributed by atoms with Crippen LogP contribution >= 0.6 is 0 Å². The summed E-state index contributed by atoms with van der Waals surface area (Å²) >= 11 is 0. The third kappa shape index (κ3) is 6.01. The van der Waals surface area contributed by atoms with E-state index in [1.807, 2.05) is 12.1 Å². The zero-order valence-electron chi connectivity index (χ0n) is 20.3. The van der Waals surface area contributed by atoms with Crippen molar-refractivity contribution in [1.29, 1.82) is 5.26 Å². The second kappa shape index (κ2) is 10.3. The summed E-state index contributed by atoms with van der Waals surface area (Å²) in [6.07, 6.45) is 8.16. The molecule has 0 unspecified atom stereocenters. The number of amides is 1. The number of nitriles is 1. The molecule has 0 atom stereocenters. The molecule has 0 spiro atoms. The molecule has 35 heavy (non-hydrogen) atoms. The predicted octanol–water partition coefficient (Wildman–Crippen LogP) is 4.24. The number of nitrogens with zero attached hydrogens (tertiary/aromatic N) is 2. The highest BCUT2D eigenvalue weighted by Crippen LogP contribution is 2.33. The summed E-state index contributed by atoms with van der Waals surface area (Å²) in [5.41, 5.74) is 3.78. The van der Waals surface area contributed by atoms with Gasteiger partial charge in [-0.2, -0.15) is 5.26 Å². The Kier molecular flexibility index (Phi) is 7.44. The summed E-state index contributed by atoms with van der Waals surface area (Å²) in [6.45, 7) is 6.68. The van der Waals surface area contributed by atoms with Crippen molar-refractivity contribution in [2.24, 2.45) is 0 Å². The lowest BCUT2D eigenvalue weighted by Crippen LogP contribution is -2.51. The summed E-state index contributed by atoms with van der Waals surface area (Å²) in [5, 5.41) is 12.5. The molecule has 1 fully saturated rings. The average Bonchev–Trinajstić information content (AvgIpc) is 2.86. The van der Waals surface area contributed by atoms with E-state index in [2.05, 4.69) is 28.9 Å². The molecule has 0 saturated heterocycles. The van der Waals surface area contributed by atoms with Crippen LogP contribution in [0.5, 0.6) is 0 Å². The quantitative estimate of drug-likeness (QED) is 0.585. The van der Waals surface area contributed by atoms with Crippen molar-refractivity contribution < 1.29 is 13.2 Å². The fourth-order valence-electron chi connectivity index (χ4n) is 5.27. The first-order chi connectivity index (χ1) is 16.7. The first-order valence-electron chi connectivity index (χ1n) is 12.3. The summed E-state index contributed by atoms with van der Waals surface area (Å²) < 4.78 is 23.9. The lowest BCUT2D eigenvalue weighted by Gasteiger charge is -2.40. The first-order valence-corrected chi connectivity index (χ1v) is 14.1. The second-order valence-corrected chi connectivity index (χ2v) is 12.0. The van der Waals surface area contributed by atoms with E-state index in [9.17, 15) is 13.2 Å². The summed E-state index contributed by atoms with van der Waals surface area (Å²) in [6, 6.07) is 14.6. The van der Waals surface area contributed by atoms with Gasteiger partial charge in [-0.05, 0) is 66.6 Å². The molecule has 1 amide bonds. The fourth-order valence-corrected chi connectivity index (χ4v) is 5.94. The minimum atomic E-state index is -3.36. The number of sulfone groups is 1. The largest absolute Gasteiger partial charge is 0.347 e. The van der Waals surface area contributed by atoms with E-state index in [0.717, 1.165) is 64.4 Å². The van der Waals surface area contributed by atoms with Gasteiger partial charge in [0.2, 0.25) is 0 Å². The van der Waals surface area contributed by atoms with Crippen molar-refractivity contribution in [3.63, 3.8) is 0 Å². The molecule has 2 aromatic rings. The van der Waals surface area contributed by atoms with E-state index in [4.69, 9.17) is 5.26 Å². The zero-order chi connectivity index (χ0) is 25.1. The van der Waals surface area contributed by atoms with E-state index in [1.165, 1.54) is 29.7 Å². The molecule has 6 nitrogen and oxygen atoms in total. The van der Waals surface area contributed by atoms with Crippen LogP contribution in [0.2, 0.25) is 0 Å². The number of carbonyl (C=O) groups excluding carboxylic acids is 1. The van der Waals surface area contributed by atoms with Gasteiger partial charge in [-0.3, -0.25) is 9.69 Å². The maximum absolute atomic E-state index is 13.3. The molecular weight excluding hydrogens is 458 g/mol. The molecule has 1 saturated carbocycles. The van der Waals surface area contributed by atoms with Crippen LogP contribution in [0.4, 0.5) is 0 Å². The SMILES string of the molecule is C=C(C(=O)NC1(CCN2CCc3cc(C#N)ccc3C2)CCCCC1)c1cccc(S(C)(=O)=O)c1. The molecule has 2 aliphatic rings. The zero-order valence-corrected chi connectivity index (χ0v) is 21.2. The van der Waals surface area contributed by atoms with Crippen LogP contribution in [0.25, 0.3) is 5.57 Å². The summed E-state index contributed by atoms with van der Waals surface area (Å²) in [7, 11) is -3.36. The molecule has 0 radical (unpaired) electrons. The van der Waals surface area contributed by atoms with Crippen LogP contribution < -0.4 is 5.32 Å². The molecule has 4 rings (SSSR count). The molecule has 0 bridgehead atoms. The number of benzene rings is 2. The van der Waals surface area contributed by atoms with E-state index >= 15 is 0 Å². The lowest BCUT2D eigenvalue weighted by molar-refractivity contribution is -0.118. The molecule has 1 N–H and O–H groups in total. The van der Waals surface area contributed by atoms with Crippen molar-refractivity contribution in [2.75, 3.05) is 19.3 Å².